The molecule has 1 heterocycles. The maximum Gasteiger partial charge on any atom is 0.254 e. The molecule has 0 spiro atoms. The smallest absolute Gasteiger partial charge is 0.254 e. The maximum absolute atomic E-state index is 12.0. The number of pyridine rings is 1. The second-order valence-electron chi connectivity index (χ2n) is 4.14. The van der Waals surface area contributed by atoms with Crippen LogP contribution in [-0.2, 0) is 6.42 Å². The van der Waals surface area contributed by atoms with E-state index in [0.29, 0.717) is 11.4 Å². The Kier molecular flexibility index (Phi) is 3.88. The summed E-state index contributed by atoms with van der Waals surface area (Å²) in [6.07, 6.45) is 0.775. The first-order chi connectivity index (χ1) is 7.45. The van der Waals surface area contributed by atoms with Crippen molar-refractivity contribution in [3.63, 3.8) is 0 Å². The highest BCUT2D eigenvalue weighted by molar-refractivity contribution is 5.94. The summed E-state index contributed by atoms with van der Waals surface area (Å²) >= 11 is 0. The number of hydrogen-bond donors (Lipinski definition) is 1. The monoisotopic (exact) mass is 221 g/mol. The van der Waals surface area contributed by atoms with Crippen molar-refractivity contribution >= 4 is 11.7 Å². The Hall–Kier alpha value is -1.58. The van der Waals surface area contributed by atoms with Crippen LogP contribution in [0.3, 0.4) is 0 Å². The molecule has 0 aliphatic carbocycles. The van der Waals surface area contributed by atoms with E-state index in [1.165, 1.54) is 0 Å². The van der Waals surface area contributed by atoms with Crippen LogP contribution in [0.15, 0.2) is 12.1 Å². The van der Waals surface area contributed by atoms with Gasteiger partial charge in [0.1, 0.15) is 5.82 Å². The van der Waals surface area contributed by atoms with Gasteiger partial charge in [-0.25, -0.2) is 4.98 Å². The van der Waals surface area contributed by atoms with Gasteiger partial charge < -0.3 is 10.6 Å². The largest absolute Gasteiger partial charge is 0.384 e. The Balaban J connectivity index is 3.04. The average Bonchev–Trinajstić information content (AvgIpc) is 2.25. The van der Waals surface area contributed by atoms with E-state index in [2.05, 4.69) is 4.98 Å². The minimum atomic E-state index is -0.0150. The van der Waals surface area contributed by atoms with Gasteiger partial charge in [-0.05, 0) is 32.4 Å². The van der Waals surface area contributed by atoms with Crippen molar-refractivity contribution in [2.24, 2.45) is 0 Å². The molecule has 0 bridgehead atoms. The fourth-order valence-corrected chi connectivity index (χ4v) is 1.35. The first kappa shape index (κ1) is 12.5. The van der Waals surface area contributed by atoms with Gasteiger partial charge in [0.2, 0.25) is 0 Å². The van der Waals surface area contributed by atoms with Gasteiger partial charge in [-0.1, -0.05) is 6.92 Å². The molecule has 1 aromatic rings. The van der Waals surface area contributed by atoms with Gasteiger partial charge >= 0.3 is 0 Å². The van der Waals surface area contributed by atoms with Gasteiger partial charge in [0, 0.05) is 24.3 Å². The van der Waals surface area contributed by atoms with E-state index in [1.54, 1.807) is 24.1 Å². The van der Waals surface area contributed by atoms with Crippen molar-refractivity contribution in [2.45, 2.75) is 33.2 Å². The standard InChI is InChI=1S/C12H19N3O/c1-5-10-6-9(7-11(13)14-10)12(16)15(4)8(2)3/h6-8H,5H2,1-4H3,(H2,13,14). The molecular formula is C12H19N3O. The van der Waals surface area contributed by atoms with Crippen LogP contribution in [0.4, 0.5) is 5.82 Å². The fraction of sp³-hybridized carbons (Fsp3) is 0.500. The molecule has 0 fully saturated rings. The van der Waals surface area contributed by atoms with Crippen molar-refractivity contribution < 1.29 is 4.79 Å². The highest BCUT2D eigenvalue weighted by atomic mass is 16.2. The molecule has 4 nitrogen and oxygen atoms in total. The summed E-state index contributed by atoms with van der Waals surface area (Å²) in [7, 11) is 1.79. The van der Waals surface area contributed by atoms with E-state index >= 15 is 0 Å². The molecule has 0 aromatic carbocycles. The molecule has 1 rings (SSSR count). The van der Waals surface area contributed by atoms with Gasteiger partial charge in [-0.2, -0.15) is 0 Å². The molecule has 0 aliphatic rings. The van der Waals surface area contributed by atoms with Crippen molar-refractivity contribution in [1.29, 1.82) is 0 Å². The molecule has 4 heteroatoms. The zero-order chi connectivity index (χ0) is 12.3. The third kappa shape index (κ3) is 2.72. The van der Waals surface area contributed by atoms with E-state index in [-0.39, 0.29) is 11.9 Å². The normalized spacial score (nSPS) is 10.6. The molecular weight excluding hydrogens is 202 g/mol. The number of nitrogens with two attached hydrogens (primary N) is 1. The highest BCUT2D eigenvalue weighted by Gasteiger charge is 2.15. The van der Waals surface area contributed by atoms with Gasteiger partial charge in [0.15, 0.2) is 0 Å². The Morgan fingerprint density at radius 1 is 1.50 bits per heavy atom. The molecule has 1 amide bonds. The van der Waals surface area contributed by atoms with Crippen molar-refractivity contribution in [3.05, 3.63) is 23.4 Å². The number of rotatable bonds is 3. The summed E-state index contributed by atoms with van der Waals surface area (Å²) in [6.45, 7) is 5.94. The lowest BCUT2D eigenvalue weighted by atomic mass is 10.1. The molecule has 0 unspecified atom stereocenters. The quantitative estimate of drug-likeness (QED) is 0.845. The second kappa shape index (κ2) is 4.96. The number of nitrogen functional groups attached to an aromatic ring is 1. The zero-order valence-corrected chi connectivity index (χ0v) is 10.3. The Bertz CT molecular complexity index is 388. The molecule has 0 aliphatic heterocycles. The Morgan fingerprint density at radius 2 is 2.12 bits per heavy atom. The first-order valence-corrected chi connectivity index (χ1v) is 5.49. The fourth-order valence-electron chi connectivity index (χ4n) is 1.35. The summed E-state index contributed by atoms with van der Waals surface area (Å²) in [5.74, 6) is 0.388. The number of carbonyl (C=O) groups is 1. The molecule has 1 aromatic heterocycles. The van der Waals surface area contributed by atoms with Crippen molar-refractivity contribution in [3.8, 4) is 0 Å². The van der Waals surface area contributed by atoms with E-state index in [0.717, 1.165) is 12.1 Å². The number of nitrogens with zero attached hydrogens (tertiary/aromatic N) is 2. The third-order valence-corrected chi connectivity index (χ3v) is 2.60. The van der Waals surface area contributed by atoms with Crippen LogP contribution in [0, 0.1) is 0 Å². The van der Waals surface area contributed by atoms with E-state index < -0.39 is 0 Å². The highest BCUT2D eigenvalue weighted by Crippen LogP contribution is 2.11. The van der Waals surface area contributed by atoms with E-state index in [9.17, 15) is 4.79 Å². The summed E-state index contributed by atoms with van der Waals surface area (Å²) in [6, 6.07) is 3.60. The molecule has 88 valence electrons. The molecule has 0 saturated heterocycles. The molecule has 0 saturated carbocycles. The lowest BCUT2D eigenvalue weighted by molar-refractivity contribution is 0.0755. The molecule has 16 heavy (non-hydrogen) atoms. The zero-order valence-electron chi connectivity index (χ0n) is 10.3. The number of carbonyl (C=O) groups excluding carboxylic acids is 1. The average molecular weight is 221 g/mol. The van der Waals surface area contributed by atoms with Gasteiger partial charge in [-0.15, -0.1) is 0 Å². The minimum absolute atomic E-state index is 0.0150. The van der Waals surface area contributed by atoms with E-state index in [1.807, 2.05) is 20.8 Å². The predicted octanol–water partition coefficient (Wildman–Crippen LogP) is 1.71. The summed E-state index contributed by atoms with van der Waals surface area (Å²) in [4.78, 5) is 17.9. The lowest BCUT2D eigenvalue weighted by Crippen LogP contribution is -2.33. The second-order valence-corrected chi connectivity index (χ2v) is 4.14. The van der Waals surface area contributed by atoms with Crippen molar-refractivity contribution in [2.75, 3.05) is 12.8 Å². The van der Waals surface area contributed by atoms with Gasteiger partial charge in [-0.3, -0.25) is 4.79 Å². The van der Waals surface area contributed by atoms with Crippen LogP contribution in [0.5, 0.6) is 0 Å². The first-order valence-electron chi connectivity index (χ1n) is 5.49. The number of amides is 1. The Labute approximate surface area is 96.5 Å². The van der Waals surface area contributed by atoms with Gasteiger partial charge in [0.25, 0.3) is 5.91 Å². The summed E-state index contributed by atoms with van der Waals surface area (Å²) < 4.78 is 0. The Morgan fingerprint density at radius 3 is 2.62 bits per heavy atom. The topological polar surface area (TPSA) is 59.2 Å². The molecule has 2 N–H and O–H groups in total. The summed E-state index contributed by atoms with van der Waals surface area (Å²) in [5.41, 5.74) is 7.13. The maximum atomic E-state index is 12.0. The van der Waals surface area contributed by atoms with Crippen LogP contribution < -0.4 is 5.73 Å². The molecule has 0 atom stereocenters. The SMILES string of the molecule is CCc1cc(C(=O)N(C)C(C)C)cc(N)n1. The van der Waals surface area contributed by atoms with Crippen LogP contribution in [0.2, 0.25) is 0 Å². The summed E-state index contributed by atoms with van der Waals surface area (Å²) in [5, 5.41) is 0. The molecule has 0 radical (unpaired) electrons. The minimum Gasteiger partial charge on any atom is -0.384 e. The van der Waals surface area contributed by atoms with Gasteiger partial charge in [0.05, 0.1) is 0 Å². The van der Waals surface area contributed by atoms with Crippen molar-refractivity contribution in [1.82, 2.24) is 9.88 Å². The van der Waals surface area contributed by atoms with E-state index in [4.69, 9.17) is 5.73 Å². The predicted molar refractivity (Wildman–Crippen MR) is 65.3 cm³/mol. The number of hydrogen-bond acceptors (Lipinski definition) is 3. The third-order valence-electron chi connectivity index (χ3n) is 2.60. The van der Waals surface area contributed by atoms with Crippen LogP contribution in [0.25, 0.3) is 0 Å². The lowest BCUT2D eigenvalue weighted by Gasteiger charge is -2.21. The number of aromatic nitrogens is 1. The van der Waals surface area contributed by atoms with Crippen LogP contribution in [0.1, 0.15) is 36.8 Å². The van der Waals surface area contributed by atoms with Crippen LogP contribution in [-0.4, -0.2) is 28.9 Å². The number of anilines is 1. The number of aryl methyl sites for hydroxylation is 1. The van der Waals surface area contributed by atoms with Crippen LogP contribution >= 0.6 is 0 Å².